The number of guanidine groups is 1. The molecule has 2 N–H and O–H groups in total. The summed E-state index contributed by atoms with van der Waals surface area (Å²) in [5.41, 5.74) is 2.41. The number of benzene rings is 1. The Kier molecular flexibility index (Phi) is 7.09. The lowest BCUT2D eigenvalue weighted by molar-refractivity contribution is 0.185. The van der Waals surface area contributed by atoms with Crippen molar-refractivity contribution in [1.29, 1.82) is 0 Å². The standard InChI is InChI=1S/C16H27N3O/c1-12(2)13(3)19-16(17-4)18-10-14-7-6-8-15(9-14)11-20-5/h6-9,12-13H,10-11H2,1-5H3,(H2,17,18,19). The lowest BCUT2D eigenvalue weighted by Gasteiger charge is -2.20. The fraction of sp³-hybridized carbons (Fsp3) is 0.562. The Balaban J connectivity index is 2.54. The Hall–Kier alpha value is -1.55. The predicted octanol–water partition coefficient (Wildman–Crippen LogP) is 2.54. The number of methoxy groups -OCH3 is 1. The number of hydrogen-bond acceptors (Lipinski definition) is 2. The number of rotatable bonds is 6. The second kappa shape index (κ2) is 8.59. The van der Waals surface area contributed by atoms with Gasteiger partial charge in [0, 0.05) is 26.7 Å². The molecule has 1 rings (SSSR count). The molecule has 1 atom stereocenters. The monoisotopic (exact) mass is 277 g/mol. The molecule has 1 aromatic carbocycles. The number of aliphatic imine (C=N–C) groups is 1. The summed E-state index contributed by atoms with van der Waals surface area (Å²) in [6.45, 7) is 7.95. The Morgan fingerprint density at radius 2 is 1.95 bits per heavy atom. The first kappa shape index (κ1) is 16.5. The van der Waals surface area contributed by atoms with Gasteiger partial charge in [-0.3, -0.25) is 4.99 Å². The summed E-state index contributed by atoms with van der Waals surface area (Å²) in [6.07, 6.45) is 0. The van der Waals surface area contributed by atoms with E-state index in [9.17, 15) is 0 Å². The molecule has 0 amide bonds. The fourth-order valence-electron chi connectivity index (χ4n) is 1.76. The normalized spacial score (nSPS) is 13.4. The van der Waals surface area contributed by atoms with Crippen LogP contribution in [0.5, 0.6) is 0 Å². The van der Waals surface area contributed by atoms with Crippen molar-refractivity contribution >= 4 is 5.96 Å². The van der Waals surface area contributed by atoms with Crippen molar-refractivity contribution in [2.24, 2.45) is 10.9 Å². The molecule has 0 heterocycles. The van der Waals surface area contributed by atoms with Crippen LogP contribution < -0.4 is 10.6 Å². The van der Waals surface area contributed by atoms with Gasteiger partial charge in [-0.05, 0) is 24.0 Å². The Morgan fingerprint density at radius 3 is 2.55 bits per heavy atom. The highest BCUT2D eigenvalue weighted by Gasteiger charge is 2.08. The highest BCUT2D eigenvalue weighted by atomic mass is 16.5. The molecule has 0 saturated carbocycles. The molecule has 0 spiro atoms. The molecule has 4 heteroatoms. The van der Waals surface area contributed by atoms with Gasteiger partial charge in [0.2, 0.25) is 0 Å². The van der Waals surface area contributed by atoms with Crippen molar-refractivity contribution in [3.05, 3.63) is 35.4 Å². The van der Waals surface area contributed by atoms with Gasteiger partial charge >= 0.3 is 0 Å². The second-order valence-corrected chi connectivity index (χ2v) is 5.36. The van der Waals surface area contributed by atoms with Gasteiger partial charge < -0.3 is 15.4 Å². The zero-order chi connectivity index (χ0) is 15.0. The van der Waals surface area contributed by atoms with Crippen LogP contribution in [0.3, 0.4) is 0 Å². The maximum atomic E-state index is 5.15. The smallest absolute Gasteiger partial charge is 0.191 e. The molecule has 4 nitrogen and oxygen atoms in total. The van der Waals surface area contributed by atoms with Gasteiger partial charge in [-0.25, -0.2) is 0 Å². The molecule has 0 aliphatic carbocycles. The van der Waals surface area contributed by atoms with Crippen LogP contribution in [0.1, 0.15) is 31.9 Å². The minimum atomic E-state index is 0.390. The third-order valence-corrected chi connectivity index (χ3v) is 3.35. The molecule has 0 aromatic heterocycles. The summed E-state index contributed by atoms with van der Waals surface area (Å²) >= 11 is 0. The van der Waals surface area contributed by atoms with E-state index in [4.69, 9.17) is 4.74 Å². The molecular weight excluding hydrogens is 250 g/mol. The topological polar surface area (TPSA) is 45.7 Å². The molecule has 0 saturated heterocycles. The highest BCUT2D eigenvalue weighted by Crippen LogP contribution is 2.06. The summed E-state index contributed by atoms with van der Waals surface area (Å²) in [4.78, 5) is 4.25. The number of ether oxygens (including phenoxy) is 1. The molecule has 20 heavy (non-hydrogen) atoms. The molecule has 0 radical (unpaired) electrons. The summed E-state index contributed by atoms with van der Waals surface area (Å²) in [5, 5.41) is 6.73. The number of hydrogen-bond donors (Lipinski definition) is 2. The van der Waals surface area contributed by atoms with Crippen molar-refractivity contribution in [2.75, 3.05) is 14.2 Å². The third kappa shape index (κ3) is 5.61. The van der Waals surface area contributed by atoms with E-state index in [2.05, 4.69) is 60.7 Å². The highest BCUT2D eigenvalue weighted by molar-refractivity contribution is 5.79. The zero-order valence-corrected chi connectivity index (χ0v) is 13.2. The van der Waals surface area contributed by atoms with E-state index in [-0.39, 0.29) is 0 Å². The fourth-order valence-corrected chi connectivity index (χ4v) is 1.76. The van der Waals surface area contributed by atoms with Crippen molar-refractivity contribution in [1.82, 2.24) is 10.6 Å². The molecule has 1 unspecified atom stereocenters. The van der Waals surface area contributed by atoms with Gasteiger partial charge in [0.15, 0.2) is 5.96 Å². The molecule has 0 aliphatic heterocycles. The quantitative estimate of drug-likeness (QED) is 0.620. The van der Waals surface area contributed by atoms with E-state index >= 15 is 0 Å². The molecule has 1 aromatic rings. The van der Waals surface area contributed by atoms with Crippen LogP contribution in [-0.2, 0) is 17.9 Å². The summed E-state index contributed by atoms with van der Waals surface area (Å²) in [7, 11) is 3.51. The van der Waals surface area contributed by atoms with Crippen molar-refractivity contribution in [3.8, 4) is 0 Å². The van der Waals surface area contributed by atoms with Gasteiger partial charge in [-0.2, -0.15) is 0 Å². The van der Waals surface area contributed by atoms with Crippen molar-refractivity contribution in [2.45, 2.75) is 40.0 Å². The zero-order valence-electron chi connectivity index (χ0n) is 13.2. The van der Waals surface area contributed by atoms with Gasteiger partial charge in [0.25, 0.3) is 0 Å². The van der Waals surface area contributed by atoms with E-state index in [0.717, 1.165) is 12.5 Å². The predicted molar refractivity (Wildman–Crippen MR) is 84.8 cm³/mol. The van der Waals surface area contributed by atoms with Crippen molar-refractivity contribution in [3.63, 3.8) is 0 Å². The average Bonchev–Trinajstić information content (AvgIpc) is 2.43. The lowest BCUT2D eigenvalue weighted by atomic mass is 10.1. The maximum Gasteiger partial charge on any atom is 0.191 e. The molecule has 0 aliphatic rings. The first-order valence-electron chi connectivity index (χ1n) is 7.10. The number of nitrogens with one attached hydrogen (secondary N) is 2. The number of nitrogens with zero attached hydrogens (tertiary/aromatic N) is 1. The van der Waals surface area contributed by atoms with Crippen LogP contribution in [0.15, 0.2) is 29.3 Å². The van der Waals surface area contributed by atoms with Gasteiger partial charge in [-0.15, -0.1) is 0 Å². The first-order chi connectivity index (χ1) is 9.56. The Bertz CT molecular complexity index is 429. The van der Waals surface area contributed by atoms with E-state index in [0.29, 0.717) is 18.6 Å². The van der Waals surface area contributed by atoms with Gasteiger partial charge in [-0.1, -0.05) is 38.1 Å². The summed E-state index contributed by atoms with van der Waals surface area (Å²) in [6, 6.07) is 8.77. The molecule has 0 bridgehead atoms. The van der Waals surface area contributed by atoms with Crippen LogP contribution >= 0.6 is 0 Å². The Labute approximate surface area is 122 Å². The van der Waals surface area contributed by atoms with E-state index in [1.807, 2.05) is 0 Å². The van der Waals surface area contributed by atoms with Gasteiger partial charge in [0.1, 0.15) is 0 Å². The summed E-state index contributed by atoms with van der Waals surface area (Å²) in [5.74, 6) is 1.40. The SMILES string of the molecule is CN=C(NCc1cccc(COC)c1)NC(C)C(C)C. The largest absolute Gasteiger partial charge is 0.380 e. The van der Waals surface area contributed by atoms with Crippen LogP contribution in [0.4, 0.5) is 0 Å². The second-order valence-electron chi connectivity index (χ2n) is 5.36. The molecular formula is C16H27N3O. The third-order valence-electron chi connectivity index (χ3n) is 3.35. The minimum absolute atomic E-state index is 0.390. The van der Waals surface area contributed by atoms with E-state index in [1.54, 1.807) is 14.2 Å². The van der Waals surface area contributed by atoms with Crippen LogP contribution in [0.2, 0.25) is 0 Å². The van der Waals surface area contributed by atoms with E-state index < -0.39 is 0 Å². The maximum absolute atomic E-state index is 5.15. The van der Waals surface area contributed by atoms with Crippen molar-refractivity contribution < 1.29 is 4.74 Å². The molecule has 0 fully saturated rings. The minimum Gasteiger partial charge on any atom is -0.380 e. The summed E-state index contributed by atoms with van der Waals surface area (Å²) < 4.78 is 5.15. The van der Waals surface area contributed by atoms with Crippen LogP contribution in [0.25, 0.3) is 0 Å². The van der Waals surface area contributed by atoms with Crippen LogP contribution in [0, 0.1) is 5.92 Å². The lowest BCUT2D eigenvalue weighted by Crippen LogP contribution is -2.43. The molecule has 112 valence electrons. The first-order valence-corrected chi connectivity index (χ1v) is 7.10. The Morgan fingerprint density at radius 1 is 1.25 bits per heavy atom. The van der Waals surface area contributed by atoms with Gasteiger partial charge in [0.05, 0.1) is 6.61 Å². The average molecular weight is 277 g/mol. The van der Waals surface area contributed by atoms with Crippen LogP contribution in [-0.4, -0.2) is 26.2 Å². The van der Waals surface area contributed by atoms with E-state index in [1.165, 1.54) is 11.1 Å².